The van der Waals surface area contributed by atoms with Gasteiger partial charge in [0, 0.05) is 23.9 Å². The van der Waals surface area contributed by atoms with Gasteiger partial charge in [-0.25, -0.2) is 9.67 Å². The number of nitrogens with zero attached hydrogens (tertiary/aromatic N) is 5. The molecule has 140 valence electrons. The minimum absolute atomic E-state index is 0.236. The Morgan fingerprint density at radius 1 is 1.30 bits per heavy atom. The van der Waals surface area contributed by atoms with Crippen molar-refractivity contribution in [2.75, 3.05) is 5.32 Å². The van der Waals surface area contributed by atoms with Crippen molar-refractivity contribution in [2.45, 2.75) is 33.2 Å². The molecule has 7 nitrogen and oxygen atoms in total. The lowest BCUT2D eigenvalue weighted by atomic mass is 10.2. The highest BCUT2D eigenvalue weighted by molar-refractivity contribution is 6.31. The average molecular weight is 385 g/mol. The van der Waals surface area contributed by atoms with E-state index < -0.39 is 0 Å². The number of nitrogens with one attached hydrogen (secondary N) is 1. The molecular weight excluding hydrogens is 364 g/mol. The Hall–Kier alpha value is -2.93. The number of carbonyl (C=O) groups is 1. The van der Waals surface area contributed by atoms with Gasteiger partial charge in [-0.2, -0.15) is 10.2 Å². The van der Waals surface area contributed by atoms with E-state index in [1.807, 2.05) is 31.2 Å². The predicted octanol–water partition coefficient (Wildman–Crippen LogP) is 3.88. The third kappa shape index (κ3) is 4.62. The van der Waals surface area contributed by atoms with Crippen LogP contribution in [-0.4, -0.2) is 30.5 Å². The molecule has 3 rings (SSSR count). The minimum Gasteiger partial charge on any atom is -0.323 e. The van der Waals surface area contributed by atoms with E-state index in [0.717, 1.165) is 36.3 Å². The standard InChI is InChI=1S/C19H21ClN6O/c1-3-4-11-25-19(20)17(14(2)24-25)9-10-18(27)23-15-5-7-16(8-6-15)26-13-21-12-22-26/h5-10,12-13H,3-4,11H2,1-2H3,(H,23,27)/b10-9+. The Labute approximate surface area is 162 Å². The normalized spacial score (nSPS) is 11.2. The molecule has 0 aliphatic rings. The van der Waals surface area contributed by atoms with Crippen molar-refractivity contribution < 1.29 is 4.79 Å². The maximum atomic E-state index is 12.2. The van der Waals surface area contributed by atoms with E-state index in [1.165, 1.54) is 12.4 Å². The van der Waals surface area contributed by atoms with E-state index in [0.29, 0.717) is 10.8 Å². The van der Waals surface area contributed by atoms with Crippen LogP contribution < -0.4 is 5.32 Å². The molecule has 0 spiro atoms. The summed E-state index contributed by atoms with van der Waals surface area (Å²) in [5, 5.41) is 11.9. The first-order valence-electron chi connectivity index (χ1n) is 8.75. The number of amides is 1. The smallest absolute Gasteiger partial charge is 0.248 e. The van der Waals surface area contributed by atoms with Crippen LogP contribution in [0.2, 0.25) is 5.15 Å². The zero-order valence-electron chi connectivity index (χ0n) is 15.3. The van der Waals surface area contributed by atoms with E-state index in [4.69, 9.17) is 11.6 Å². The predicted molar refractivity (Wildman–Crippen MR) is 106 cm³/mol. The molecule has 0 saturated heterocycles. The number of hydrogen-bond donors (Lipinski definition) is 1. The third-order valence-corrected chi connectivity index (χ3v) is 4.45. The molecule has 0 aliphatic carbocycles. The van der Waals surface area contributed by atoms with Gasteiger partial charge in [-0.3, -0.25) is 9.48 Å². The molecule has 3 aromatic rings. The largest absolute Gasteiger partial charge is 0.323 e. The second kappa shape index (κ2) is 8.64. The topological polar surface area (TPSA) is 77.6 Å². The van der Waals surface area contributed by atoms with Crippen LogP contribution in [-0.2, 0) is 11.3 Å². The van der Waals surface area contributed by atoms with Crippen molar-refractivity contribution in [2.24, 2.45) is 0 Å². The quantitative estimate of drug-likeness (QED) is 0.627. The van der Waals surface area contributed by atoms with E-state index >= 15 is 0 Å². The second-order valence-corrected chi connectivity index (χ2v) is 6.43. The number of benzene rings is 1. The molecule has 1 N–H and O–H groups in total. The summed E-state index contributed by atoms with van der Waals surface area (Å²) < 4.78 is 3.42. The van der Waals surface area contributed by atoms with Crippen LogP contribution in [0.15, 0.2) is 43.0 Å². The molecule has 0 unspecified atom stereocenters. The van der Waals surface area contributed by atoms with Gasteiger partial charge in [0.15, 0.2) is 0 Å². The van der Waals surface area contributed by atoms with Crippen LogP contribution in [0.4, 0.5) is 5.69 Å². The minimum atomic E-state index is -0.236. The number of aryl methyl sites for hydroxylation is 2. The van der Waals surface area contributed by atoms with Crippen LogP contribution in [0.3, 0.4) is 0 Å². The molecule has 1 amide bonds. The molecule has 0 bridgehead atoms. The van der Waals surface area contributed by atoms with E-state index in [1.54, 1.807) is 21.8 Å². The summed E-state index contributed by atoms with van der Waals surface area (Å²) in [5.74, 6) is -0.236. The highest BCUT2D eigenvalue weighted by atomic mass is 35.5. The van der Waals surface area contributed by atoms with Crippen molar-refractivity contribution in [1.29, 1.82) is 0 Å². The van der Waals surface area contributed by atoms with Gasteiger partial charge in [0.2, 0.25) is 5.91 Å². The summed E-state index contributed by atoms with van der Waals surface area (Å²) in [6.45, 7) is 4.77. The van der Waals surface area contributed by atoms with Crippen molar-refractivity contribution in [3.63, 3.8) is 0 Å². The van der Waals surface area contributed by atoms with Gasteiger partial charge in [0.1, 0.15) is 17.8 Å². The Balaban J connectivity index is 1.64. The Bertz CT molecular complexity index is 928. The molecule has 1 aromatic carbocycles. The summed E-state index contributed by atoms with van der Waals surface area (Å²) in [6.07, 6.45) is 8.33. The highest BCUT2D eigenvalue weighted by Crippen LogP contribution is 2.22. The van der Waals surface area contributed by atoms with Crippen LogP contribution in [0.1, 0.15) is 31.0 Å². The zero-order valence-corrected chi connectivity index (χ0v) is 16.0. The summed E-state index contributed by atoms with van der Waals surface area (Å²) in [6, 6.07) is 7.33. The first-order valence-corrected chi connectivity index (χ1v) is 9.13. The third-order valence-electron chi connectivity index (χ3n) is 4.05. The van der Waals surface area contributed by atoms with Gasteiger partial charge in [-0.05, 0) is 43.7 Å². The molecule has 0 saturated carbocycles. The lowest BCUT2D eigenvalue weighted by Gasteiger charge is -2.04. The molecule has 8 heteroatoms. The van der Waals surface area contributed by atoms with E-state index in [2.05, 4.69) is 27.4 Å². The molecule has 0 atom stereocenters. The van der Waals surface area contributed by atoms with Crippen molar-refractivity contribution >= 4 is 29.3 Å². The maximum Gasteiger partial charge on any atom is 0.248 e. The lowest BCUT2D eigenvalue weighted by molar-refractivity contribution is -0.111. The Morgan fingerprint density at radius 3 is 2.74 bits per heavy atom. The van der Waals surface area contributed by atoms with E-state index in [-0.39, 0.29) is 5.91 Å². The van der Waals surface area contributed by atoms with Crippen molar-refractivity contribution in [3.8, 4) is 5.69 Å². The molecule has 0 fully saturated rings. The van der Waals surface area contributed by atoms with Crippen LogP contribution in [0.5, 0.6) is 0 Å². The lowest BCUT2D eigenvalue weighted by Crippen LogP contribution is -2.07. The monoisotopic (exact) mass is 384 g/mol. The van der Waals surface area contributed by atoms with Crippen LogP contribution >= 0.6 is 11.6 Å². The number of rotatable bonds is 7. The fraction of sp³-hybridized carbons (Fsp3) is 0.263. The maximum absolute atomic E-state index is 12.2. The fourth-order valence-corrected chi connectivity index (χ4v) is 2.92. The summed E-state index contributed by atoms with van der Waals surface area (Å²) in [5.41, 5.74) is 3.12. The van der Waals surface area contributed by atoms with Crippen molar-refractivity contribution in [3.05, 3.63) is 59.4 Å². The SMILES string of the molecule is CCCCn1nc(C)c(/C=C/C(=O)Nc2ccc(-n3cncn3)cc2)c1Cl. The molecule has 0 radical (unpaired) electrons. The highest BCUT2D eigenvalue weighted by Gasteiger charge is 2.11. The van der Waals surface area contributed by atoms with Gasteiger partial charge in [0.25, 0.3) is 0 Å². The number of carbonyl (C=O) groups excluding carboxylic acids is 1. The number of hydrogen-bond acceptors (Lipinski definition) is 4. The molecule has 2 aromatic heterocycles. The van der Waals surface area contributed by atoms with Crippen LogP contribution in [0.25, 0.3) is 11.8 Å². The number of aromatic nitrogens is 5. The summed E-state index contributed by atoms with van der Waals surface area (Å²) in [7, 11) is 0. The van der Waals surface area contributed by atoms with E-state index in [9.17, 15) is 4.79 Å². The number of anilines is 1. The first kappa shape index (κ1) is 18.8. The first-order chi connectivity index (χ1) is 13.1. The van der Waals surface area contributed by atoms with Gasteiger partial charge in [-0.1, -0.05) is 24.9 Å². The Morgan fingerprint density at radius 2 is 2.07 bits per heavy atom. The molecule has 0 aliphatic heterocycles. The zero-order chi connectivity index (χ0) is 19.2. The summed E-state index contributed by atoms with van der Waals surface area (Å²) >= 11 is 6.38. The molecule has 2 heterocycles. The molecular formula is C19H21ClN6O. The summed E-state index contributed by atoms with van der Waals surface area (Å²) in [4.78, 5) is 16.1. The number of halogens is 1. The fourth-order valence-electron chi connectivity index (χ4n) is 2.59. The second-order valence-electron chi connectivity index (χ2n) is 6.08. The average Bonchev–Trinajstić information content (AvgIpc) is 3.28. The van der Waals surface area contributed by atoms with Crippen LogP contribution in [0, 0.1) is 6.92 Å². The number of unbranched alkanes of at least 4 members (excludes halogenated alkanes) is 1. The molecule has 27 heavy (non-hydrogen) atoms. The van der Waals surface area contributed by atoms with Gasteiger partial charge in [-0.15, -0.1) is 0 Å². The van der Waals surface area contributed by atoms with Gasteiger partial charge < -0.3 is 5.32 Å². The van der Waals surface area contributed by atoms with Crippen molar-refractivity contribution in [1.82, 2.24) is 24.5 Å². The Kier molecular flexibility index (Phi) is 6.03. The van der Waals surface area contributed by atoms with Gasteiger partial charge in [0.05, 0.1) is 11.4 Å². The van der Waals surface area contributed by atoms with Gasteiger partial charge >= 0.3 is 0 Å².